The average Bonchev–Trinajstić information content (AvgIpc) is 2.32. The number of pyridine rings is 1. The van der Waals surface area contributed by atoms with Crippen LogP contribution in [0, 0.1) is 0 Å². The van der Waals surface area contributed by atoms with Crippen molar-refractivity contribution in [3.63, 3.8) is 0 Å². The predicted octanol–water partition coefficient (Wildman–Crippen LogP) is 3.01. The zero-order valence-electron chi connectivity index (χ0n) is 9.59. The Balaban J connectivity index is 2.06. The first-order valence-electron chi connectivity index (χ1n) is 5.40. The molecule has 0 radical (unpaired) electrons. The van der Waals surface area contributed by atoms with Gasteiger partial charge < -0.3 is 4.74 Å². The molecule has 0 aliphatic rings. The molecule has 0 amide bonds. The van der Waals surface area contributed by atoms with E-state index in [1.165, 1.54) is 0 Å². The van der Waals surface area contributed by atoms with Gasteiger partial charge in [-0.3, -0.25) is 9.78 Å². The normalized spacial score (nSPS) is 9.94. The standard InChI is InChI=1S/C14H13NO2/c1-11(16)10-12-2-4-13(5-3-12)17-14-6-8-15-9-7-14/h2-9H,10H2,1H3. The Bertz CT molecular complexity index is 491. The van der Waals surface area contributed by atoms with E-state index in [1.54, 1.807) is 31.5 Å². The molecule has 0 bridgehead atoms. The van der Waals surface area contributed by atoms with Crippen molar-refractivity contribution in [2.75, 3.05) is 0 Å². The van der Waals surface area contributed by atoms with Crippen LogP contribution in [0.3, 0.4) is 0 Å². The van der Waals surface area contributed by atoms with Crippen molar-refractivity contribution < 1.29 is 9.53 Å². The van der Waals surface area contributed by atoms with Gasteiger partial charge in [-0.2, -0.15) is 0 Å². The number of ketones is 1. The number of nitrogens with zero attached hydrogens (tertiary/aromatic N) is 1. The average molecular weight is 227 g/mol. The number of hydrogen-bond donors (Lipinski definition) is 0. The second-order valence-electron chi connectivity index (χ2n) is 3.81. The molecule has 0 saturated heterocycles. The van der Waals surface area contributed by atoms with Gasteiger partial charge in [-0.1, -0.05) is 12.1 Å². The van der Waals surface area contributed by atoms with E-state index in [9.17, 15) is 4.79 Å². The van der Waals surface area contributed by atoms with Crippen molar-refractivity contribution >= 4 is 5.78 Å². The molecule has 0 N–H and O–H groups in total. The lowest BCUT2D eigenvalue weighted by Gasteiger charge is -2.05. The highest BCUT2D eigenvalue weighted by molar-refractivity contribution is 5.78. The molecule has 86 valence electrons. The van der Waals surface area contributed by atoms with Crippen LogP contribution >= 0.6 is 0 Å². The Kier molecular flexibility index (Phi) is 3.50. The maximum absolute atomic E-state index is 11.0. The molecule has 3 heteroatoms. The van der Waals surface area contributed by atoms with E-state index in [-0.39, 0.29) is 5.78 Å². The number of ether oxygens (including phenoxy) is 1. The number of Topliss-reactive ketones (excluding diaryl/α,β-unsaturated/α-hetero) is 1. The molecule has 0 fully saturated rings. The van der Waals surface area contributed by atoms with E-state index >= 15 is 0 Å². The first-order chi connectivity index (χ1) is 8.24. The fraction of sp³-hybridized carbons (Fsp3) is 0.143. The minimum absolute atomic E-state index is 0.160. The SMILES string of the molecule is CC(=O)Cc1ccc(Oc2ccncc2)cc1. The molecule has 0 unspecified atom stereocenters. The summed E-state index contributed by atoms with van der Waals surface area (Å²) in [4.78, 5) is 14.9. The van der Waals surface area contributed by atoms with Crippen LogP contribution in [0.1, 0.15) is 12.5 Å². The van der Waals surface area contributed by atoms with Crippen LogP contribution in [0.4, 0.5) is 0 Å². The molecule has 2 rings (SSSR count). The lowest BCUT2D eigenvalue weighted by Crippen LogP contribution is -1.95. The van der Waals surface area contributed by atoms with E-state index in [0.29, 0.717) is 6.42 Å². The van der Waals surface area contributed by atoms with Crippen LogP contribution in [0.15, 0.2) is 48.8 Å². The van der Waals surface area contributed by atoms with Gasteiger partial charge in [0.1, 0.15) is 17.3 Å². The molecule has 1 aromatic heterocycles. The van der Waals surface area contributed by atoms with Crippen molar-refractivity contribution in [1.82, 2.24) is 4.98 Å². The largest absolute Gasteiger partial charge is 0.457 e. The van der Waals surface area contributed by atoms with Gasteiger partial charge in [-0.25, -0.2) is 0 Å². The predicted molar refractivity (Wildman–Crippen MR) is 65.1 cm³/mol. The van der Waals surface area contributed by atoms with E-state index < -0.39 is 0 Å². The highest BCUT2D eigenvalue weighted by Crippen LogP contribution is 2.20. The topological polar surface area (TPSA) is 39.2 Å². The highest BCUT2D eigenvalue weighted by atomic mass is 16.5. The smallest absolute Gasteiger partial charge is 0.134 e. The Labute approximate surface area is 100 Å². The van der Waals surface area contributed by atoms with Crippen molar-refractivity contribution in [1.29, 1.82) is 0 Å². The number of hydrogen-bond acceptors (Lipinski definition) is 3. The van der Waals surface area contributed by atoms with Gasteiger partial charge in [0.25, 0.3) is 0 Å². The van der Waals surface area contributed by atoms with Crippen molar-refractivity contribution in [2.24, 2.45) is 0 Å². The third-order valence-electron chi connectivity index (χ3n) is 2.26. The van der Waals surface area contributed by atoms with Crippen LogP contribution in [-0.2, 0) is 11.2 Å². The van der Waals surface area contributed by atoms with Gasteiger partial charge in [-0.05, 0) is 36.8 Å². The summed E-state index contributed by atoms with van der Waals surface area (Å²) in [7, 11) is 0. The molecule has 0 aliphatic heterocycles. The molecular weight excluding hydrogens is 214 g/mol. The third-order valence-corrected chi connectivity index (χ3v) is 2.26. The number of carbonyl (C=O) groups excluding carboxylic acids is 1. The Morgan fingerprint density at radius 1 is 1.06 bits per heavy atom. The number of carbonyl (C=O) groups is 1. The van der Waals surface area contributed by atoms with Crippen molar-refractivity contribution in [3.05, 3.63) is 54.4 Å². The van der Waals surface area contributed by atoms with Gasteiger partial charge in [0.2, 0.25) is 0 Å². The third kappa shape index (κ3) is 3.41. The first-order valence-corrected chi connectivity index (χ1v) is 5.40. The summed E-state index contributed by atoms with van der Waals surface area (Å²) in [6, 6.07) is 11.1. The molecule has 17 heavy (non-hydrogen) atoms. The quantitative estimate of drug-likeness (QED) is 0.806. The molecule has 3 nitrogen and oxygen atoms in total. The lowest BCUT2D eigenvalue weighted by molar-refractivity contribution is -0.116. The van der Waals surface area contributed by atoms with Crippen molar-refractivity contribution in [3.8, 4) is 11.5 Å². The summed E-state index contributed by atoms with van der Waals surface area (Å²) in [5.74, 6) is 1.66. The van der Waals surface area contributed by atoms with Gasteiger partial charge in [0.05, 0.1) is 0 Å². The Hall–Kier alpha value is -2.16. The maximum atomic E-state index is 11.0. The van der Waals surface area contributed by atoms with E-state index in [2.05, 4.69) is 4.98 Å². The molecule has 0 atom stereocenters. The molecule has 0 spiro atoms. The van der Waals surface area contributed by atoms with Crippen LogP contribution in [0.2, 0.25) is 0 Å². The van der Waals surface area contributed by atoms with Crippen LogP contribution < -0.4 is 4.74 Å². The van der Waals surface area contributed by atoms with Gasteiger partial charge >= 0.3 is 0 Å². The highest BCUT2D eigenvalue weighted by Gasteiger charge is 1.99. The van der Waals surface area contributed by atoms with E-state index in [0.717, 1.165) is 17.1 Å². The second-order valence-corrected chi connectivity index (χ2v) is 3.81. The zero-order chi connectivity index (χ0) is 12.1. The van der Waals surface area contributed by atoms with E-state index in [4.69, 9.17) is 4.74 Å². The second kappa shape index (κ2) is 5.25. The van der Waals surface area contributed by atoms with Crippen LogP contribution in [0.5, 0.6) is 11.5 Å². The van der Waals surface area contributed by atoms with Crippen molar-refractivity contribution in [2.45, 2.75) is 13.3 Å². The first kappa shape index (κ1) is 11.3. The molecular formula is C14H13NO2. The molecule has 0 saturated carbocycles. The summed E-state index contributed by atoms with van der Waals surface area (Å²) in [6.45, 7) is 1.58. The minimum atomic E-state index is 0.160. The lowest BCUT2D eigenvalue weighted by atomic mass is 10.1. The Morgan fingerprint density at radius 3 is 2.24 bits per heavy atom. The Morgan fingerprint density at radius 2 is 1.65 bits per heavy atom. The zero-order valence-corrected chi connectivity index (χ0v) is 9.59. The molecule has 0 aliphatic carbocycles. The number of rotatable bonds is 4. The van der Waals surface area contributed by atoms with Gasteiger partial charge in [0.15, 0.2) is 0 Å². The molecule has 1 heterocycles. The fourth-order valence-electron chi connectivity index (χ4n) is 1.51. The fourth-order valence-corrected chi connectivity index (χ4v) is 1.51. The van der Waals surface area contributed by atoms with Gasteiger partial charge in [0, 0.05) is 18.8 Å². The number of benzene rings is 1. The molecule has 1 aromatic carbocycles. The van der Waals surface area contributed by atoms with E-state index in [1.807, 2.05) is 24.3 Å². The van der Waals surface area contributed by atoms with Crippen LogP contribution in [0.25, 0.3) is 0 Å². The summed E-state index contributed by atoms with van der Waals surface area (Å²) in [5, 5.41) is 0. The summed E-state index contributed by atoms with van der Waals surface area (Å²) in [5.41, 5.74) is 1.000. The monoisotopic (exact) mass is 227 g/mol. The van der Waals surface area contributed by atoms with Crippen LogP contribution in [-0.4, -0.2) is 10.8 Å². The minimum Gasteiger partial charge on any atom is -0.457 e. The summed E-state index contributed by atoms with van der Waals surface area (Å²) in [6.07, 6.45) is 3.83. The van der Waals surface area contributed by atoms with Gasteiger partial charge in [-0.15, -0.1) is 0 Å². The summed E-state index contributed by atoms with van der Waals surface area (Å²) < 4.78 is 5.61. The maximum Gasteiger partial charge on any atom is 0.134 e. The molecule has 2 aromatic rings. The number of aromatic nitrogens is 1. The summed E-state index contributed by atoms with van der Waals surface area (Å²) >= 11 is 0.